The van der Waals surface area contributed by atoms with E-state index >= 15 is 0 Å². The Bertz CT molecular complexity index is 1330. The van der Waals surface area contributed by atoms with Gasteiger partial charge in [0.25, 0.3) is 0 Å². The number of benzene rings is 1. The van der Waals surface area contributed by atoms with Crippen LogP contribution in [0, 0.1) is 12.7 Å². The summed E-state index contributed by atoms with van der Waals surface area (Å²) in [4.78, 5) is 26.2. The monoisotopic (exact) mass is 473 g/mol. The van der Waals surface area contributed by atoms with E-state index in [0.717, 1.165) is 23.8 Å². The Kier molecular flexibility index (Phi) is 6.46. The number of ether oxygens (including phenoxy) is 1. The van der Waals surface area contributed by atoms with Gasteiger partial charge in [0.1, 0.15) is 11.4 Å². The lowest BCUT2D eigenvalue weighted by molar-refractivity contribution is -0.133. The number of piperidine rings is 1. The van der Waals surface area contributed by atoms with E-state index in [0.29, 0.717) is 36.0 Å². The van der Waals surface area contributed by atoms with Crippen LogP contribution in [-0.4, -0.2) is 44.9 Å². The van der Waals surface area contributed by atoms with Crippen LogP contribution in [-0.2, 0) is 11.2 Å². The van der Waals surface area contributed by atoms with Gasteiger partial charge in [-0.05, 0) is 79.1 Å². The van der Waals surface area contributed by atoms with Crippen molar-refractivity contribution in [2.75, 3.05) is 13.1 Å². The highest BCUT2D eigenvalue weighted by atomic mass is 19.1. The molecule has 3 N–H and O–H groups in total. The Morgan fingerprint density at radius 1 is 1.17 bits per heavy atom. The van der Waals surface area contributed by atoms with Crippen LogP contribution >= 0.6 is 0 Å². The van der Waals surface area contributed by atoms with Crippen LogP contribution < -0.4 is 10.5 Å². The number of aromatic amines is 1. The first kappa shape index (κ1) is 23.0. The first-order valence-corrected chi connectivity index (χ1v) is 11.8. The van der Waals surface area contributed by atoms with E-state index in [1.165, 1.54) is 11.6 Å². The fraction of sp³-hybridized carbons (Fsp3) is 0.296. The maximum atomic E-state index is 14.9. The highest BCUT2D eigenvalue weighted by Gasteiger charge is 2.27. The molecule has 4 heterocycles. The number of carbonyl (C=O) groups excluding carboxylic acids is 1. The molecular formula is C27H28FN5O2. The summed E-state index contributed by atoms with van der Waals surface area (Å²) in [5, 5.41) is 0.816. The van der Waals surface area contributed by atoms with Crippen LogP contribution in [0.3, 0.4) is 0 Å². The van der Waals surface area contributed by atoms with Gasteiger partial charge >= 0.3 is 0 Å². The minimum Gasteiger partial charge on any atom is -0.453 e. The molecule has 180 valence electrons. The number of hydrogen-bond acceptors (Lipinski definition) is 5. The number of nitrogens with two attached hydrogens (primary N) is 1. The smallest absolute Gasteiger partial charge is 0.239 e. The van der Waals surface area contributed by atoms with Gasteiger partial charge in [0.05, 0.1) is 11.4 Å². The van der Waals surface area contributed by atoms with E-state index in [-0.39, 0.29) is 18.1 Å². The second kappa shape index (κ2) is 9.84. The third-order valence-electron chi connectivity index (χ3n) is 6.71. The minimum absolute atomic E-state index is 0.0963. The molecule has 0 spiro atoms. The van der Waals surface area contributed by atoms with Crippen molar-refractivity contribution in [2.45, 2.75) is 38.1 Å². The Morgan fingerprint density at radius 2 is 1.94 bits per heavy atom. The van der Waals surface area contributed by atoms with E-state index < -0.39 is 11.9 Å². The summed E-state index contributed by atoms with van der Waals surface area (Å²) in [7, 11) is 0. The first-order valence-electron chi connectivity index (χ1n) is 11.8. The fourth-order valence-electron chi connectivity index (χ4n) is 4.79. The summed E-state index contributed by atoms with van der Waals surface area (Å²) in [6.07, 6.45) is 9.11. The number of hydrogen-bond donors (Lipinski definition) is 2. The Labute approximate surface area is 203 Å². The fourth-order valence-corrected chi connectivity index (χ4v) is 4.79. The van der Waals surface area contributed by atoms with Crippen LogP contribution in [0.4, 0.5) is 4.39 Å². The number of rotatable bonds is 6. The van der Waals surface area contributed by atoms with E-state index in [9.17, 15) is 9.18 Å². The molecule has 1 amide bonds. The summed E-state index contributed by atoms with van der Waals surface area (Å²) in [6.45, 7) is 3.27. The van der Waals surface area contributed by atoms with Crippen LogP contribution in [0.15, 0.2) is 61.2 Å². The molecule has 1 fully saturated rings. The van der Waals surface area contributed by atoms with Gasteiger partial charge in [0.2, 0.25) is 5.91 Å². The van der Waals surface area contributed by atoms with Crippen molar-refractivity contribution in [3.63, 3.8) is 0 Å². The number of nitrogens with one attached hydrogen (secondary N) is 1. The van der Waals surface area contributed by atoms with Gasteiger partial charge in [-0.15, -0.1) is 0 Å². The minimum atomic E-state index is -0.721. The summed E-state index contributed by atoms with van der Waals surface area (Å²) in [6, 6.07) is 9.78. The molecule has 3 aromatic heterocycles. The second-order valence-corrected chi connectivity index (χ2v) is 9.06. The number of amides is 1. The molecule has 1 aromatic carbocycles. The molecule has 1 unspecified atom stereocenters. The lowest BCUT2D eigenvalue weighted by atomic mass is 9.89. The van der Waals surface area contributed by atoms with E-state index in [2.05, 4.69) is 15.0 Å². The average molecular weight is 474 g/mol. The van der Waals surface area contributed by atoms with Crippen molar-refractivity contribution in [3.8, 4) is 11.5 Å². The van der Waals surface area contributed by atoms with Crippen molar-refractivity contribution in [2.24, 2.45) is 5.73 Å². The maximum Gasteiger partial charge on any atom is 0.239 e. The van der Waals surface area contributed by atoms with Crippen molar-refractivity contribution in [1.82, 2.24) is 19.9 Å². The topological polar surface area (TPSA) is 97.1 Å². The van der Waals surface area contributed by atoms with Gasteiger partial charge in [0, 0.05) is 37.9 Å². The molecule has 7 nitrogen and oxygen atoms in total. The molecular weight excluding hydrogens is 445 g/mol. The highest BCUT2D eigenvalue weighted by Crippen LogP contribution is 2.32. The number of aryl methyl sites for hydroxylation is 1. The predicted octanol–water partition coefficient (Wildman–Crippen LogP) is 4.47. The second-order valence-electron chi connectivity index (χ2n) is 9.06. The number of nitrogens with zero attached hydrogens (tertiary/aromatic N) is 3. The Hall–Kier alpha value is -3.78. The number of H-pyrrole nitrogens is 1. The molecule has 0 aliphatic carbocycles. The van der Waals surface area contributed by atoms with Gasteiger partial charge < -0.3 is 20.4 Å². The Morgan fingerprint density at radius 3 is 2.69 bits per heavy atom. The maximum absolute atomic E-state index is 14.9. The number of fused-ring (bicyclic) bond motifs is 1. The zero-order chi connectivity index (χ0) is 24.4. The third-order valence-corrected chi connectivity index (χ3v) is 6.71. The standard InChI is InChI=1S/C27H28FN5O2/c1-17-16-32-26-25(17)24(6-11-31-26)35-23-3-2-18(14-21(23)28)15-22(29)27(34)33-12-7-20(8-13-33)19-4-9-30-10-5-19/h2-6,9-11,14,16,20,22H,7-8,12-13,15,29H2,1H3,(H,31,32). The highest BCUT2D eigenvalue weighted by molar-refractivity contribution is 5.86. The van der Waals surface area contributed by atoms with Crippen molar-refractivity contribution in [1.29, 1.82) is 0 Å². The third kappa shape index (κ3) is 4.88. The number of aromatic nitrogens is 3. The van der Waals surface area contributed by atoms with Gasteiger partial charge in [-0.2, -0.15) is 0 Å². The summed E-state index contributed by atoms with van der Waals surface area (Å²) in [5.74, 6) is 0.471. The molecule has 1 saturated heterocycles. The van der Waals surface area contributed by atoms with E-state index in [1.807, 2.05) is 30.2 Å². The molecule has 8 heteroatoms. The predicted molar refractivity (Wildman–Crippen MR) is 132 cm³/mol. The van der Waals surface area contributed by atoms with Crippen molar-refractivity contribution >= 4 is 16.9 Å². The van der Waals surface area contributed by atoms with Crippen LogP contribution in [0.1, 0.15) is 35.4 Å². The average Bonchev–Trinajstić information content (AvgIpc) is 3.27. The zero-order valence-electron chi connectivity index (χ0n) is 19.6. The van der Waals surface area contributed by atoms with Crippen LogP contribution in [0.25, 0.3) is 11.0 Å². The molecule has 1 atom stereocenters. The van der Waals surface area contributed by atoms with E-state index in [4.69, 9.17) is 10.5 Å². The van der Waals surface area contributed by atoms with Gasteiger partial charge in [-0.1, -0.05) is 6.07 Å². The number of likely N-dealkylation sites (tertiary alicyclic amines) is 1. The molecule has 1 aliphatic rings. The van der Waals surface area contributed by atoms with E-state index in [1.54, 1.807) is 36.8 Å². The molecule has 1 aliphatic heterocycles. The summed E-state index contributed by atoms with van der Waals surface area (Å²) >= 11 is 0. The van der Waals surface area contributed by atoms with Crippen molar-refractivity contribution < 1.29 is 13.9 Å². The van der Waals surface area contributed by atoms with Crippen LogP contribution in [0.2, 0.25) is 0 Å². The lowest BCUT2D eigenvalue weighted by Gasteiger charge is -2.33. The SMILES string of the molecule is Cc1c[nH]c2nccc(Oc3ccc(CC(N)C(=O)N4CCC(c5ccncc5)CC4)cc3F)c12. The van der Waals surface area contributed by atoms with Crippen molar-refractivity contribution in [3.05, 3.63) is 83.7 Å². The normalized spacial score (nSPS) is 15.3. The lowest BCUT2D eigenvalue weighted by Crippen LogP contribution is -2.47. The summed E-state index contributed by atoms with van der Waals surface area (Å²) < 4.78 is 20.7. The molecule has 0 bridgehead atoms. The quantitative estimate of drug-likeness (QED) is 0.431. The molecule has 35 heavy (non-hydrogen) atoms. The number of pyridine rings is 2. The van der Waals surface area contributed by atoms with Gasteiger partial charge in [0.15, 0.2) is 11.6 Å². The Balaban J connectivity index is 1.21. The molecule has 4 aromatic rings. The summed E-state index contributed by atoms with van der Waals surface area (Å²) in [5.41, 5.74) is 9.81. The van der Waals surface area contributed by atoms with Gasteiger partial charge in [-0.3, -0.25) is 9.78 Å². The van der Waals surface area contributed by atoms with Gasteiger partial charge in [-0.25, -0.2) is 9.37 Å². The molecule has 5 rings (SSSR count). The van der Waals surface area contributed by atoms with Crippen LogP contribution in [0.5, 0.6) is 11.5 Å². The molecule has 0 saturated carbocycles. The number of carbonyl (C=O) groups is 1. The first-order chi connectivity index (χ1) is 17.0. The largest absolute Gasteiger partial charge is 0.453 e. The molecule has 0 radical (unpaired) electrons. The number of halogens is 1. The zero-order valence-corrected chi connectivity index (χ0v) is 19.6.